The Morgan fingerprint density at radius 2 is 1.91 bits per heavy atom. The van der Waals surface area contributed by atoms with Crippen LogP contribution in [0.15, 0.2) is 46.0 Å². The highest BCUT2D eigenvalue weighted by molar-refractivity contribution is 5.76. The van der Waals surface area contributed by atoms with Crippen LogP contribution in [-0.2, 0) is 11.3 Å². The number of nitrogens with one attached hydrogen (secondary N) is 2. The summed E-state index contributed by atoms with van der Waals surface area (Å²) >= 11 is 0. The number of benzene rings is 1. The summed E-state index contributed by atoms with van der Waals surface area (Å²) in [7, 11) is 0. The predicted octanol–water partition coefficient (Wildman–Crippen LogP) is 0.813. The highest BCUT2D eigenvalue weighted by Gasteiger charge is 2.11. The molecular formula is C16H19N3O4. The maximum atomic E-state index is 12.0. The number of rotatable bonds is 6. The number of carbonyl (C=O) groups is 1. The Labute approximate surface area is 132 Å². The molecule has 1 atom stereocenters. The van der Waals surface area contributed by atoms with Gasteiger partial charge in [0.05, 0.1) is 12.6 Å². The summed E-state index contributed by atoms with van der Waals surface area (Å²) in [5.41, 5.74) is 0.0427. The molecular weight excluding hydrogens is 298 g/mol. The van der Waals surface area contributed by atoms with Crippen molar-refractivity contribution in [1.82, 2.24) is 15.1 Å². The lowest BCUT2D eigenvalue weighted by Crippen LogP contribution is -2.36. The number of aromatic nitrogens is 2. The number of carbonyl (C=O) groups excluding carboxylic acids is 1. The van der Waals surface area contributed by atoms with E-state index >= 15 is 0 Å². The van der Waals surface area contributed by atoms with Crippen LogP contribution in [0.4, 0.5) is 0 Å². The van der Waals surface area contributed by atoms with Crippen molar-refractivity contribution in [3.05, 3.63) is 62.7 Å². The molecule has 2 rings (SSSR count). The second-order valence-electron chi connectivity index (χ2n) is 5.03. The van der Waals surface area contributed by atoms with Crippen LogP contribution in [0.5, 0.6) is 5.75 Å². The van der Waals surface area contributed by atoms with Crippen LogP contribution in [0.25, 0.3) is 0 Å². The molecule has 0 radical (unpaired) electrons. The number of hydrogen-bond acceptors (Lipinski definition) is 4. The number of nitrogens with zero attached hydrogens (tertiary/aromatic N) is 1. The molecule has 0 aliphatic carbocycles. The van der Waals surface area contributed by atoms with Gasteiger partial charge in [-0.1, -0.05) is 12.1 Å². The van der Waals surface area contributed by atoms with E-state index in [0.29, 0.717) is 6.61 Å². The standard InChI is InChI=1S/C16H19N3O4/c1-3-23-13-6-4-12(5-7-13)11(2)17-15(21)10-19-16(22)9-8-14(20)18-19/h4-9,11H,3,10H2,1-2H3,(H,17,21)(H,18,20). The molecule has 23 heavy (non-hydrogen) atoms. The second-order valence-corrected chi connectivity index (χ2v) is 5.03. The molecule has 1 unspecified atom stereocenters. The molecule has 1 aromatic heterocycles. The molecule has 7 nitrogen and oxygen atoms in total. The van der Waals surface area contributed by atoms with Gasteiger partial charge in [-0.25, -0.2) is 4.68 Å². The fraction of sp³-hybridized carbons (Fsp3) is 0.312. The zero-order chi connectivity index (χ0) is 16.8. The fourth-order valence-corrected chi connectivity index (χ4v) is 2.11. The molecule has 1 amide bonds. The van der Waals surface area contributed by atoms with E-state index in [1.165, 1.54) is 0 Å². The fourth-order valence-electron chi connectivity index (χ4n) is 2.11. The summed E-state index contributed by atoms with van der Waals surface area (Å²) in [5, 5.41) is 5.09. The Morgan fingerprint density at radius 3 is 2.57 bits per heavy atom. The molecule has 1 aromatic carbocycles. The van der Waals surface area contributed by atoms with Crippen molar-refractivity contribution in [1.29, 1.82) is 0 Å². The summed E-state index contributed by atoms with van der Waals surface area (Å²) in [6.07, 6.45) is 0. The lowest BCUT2D eigenvalue weighted by molar-refractivity contribution is -0.122. The van der Waals surface area contributed by atoms with Gasteiger partial charge in [-0.05, 0) is 31.5 Å². The molecule has 7 heteroatoms. The SMILES string of the molecule is CCOc1ccc(C(C)NC(=O)Cn2[nH]c(=O)ccc2=O)cc1. The van der Waals surface area contributed by atoms with E-state index < -0.39 is 11.1 Å². The van der Waals surface area contributed by atoms with Gasteiger partial charge >= 0.3 is 0 Å². The van der Waals surface area contributed by atoms with E-state index in [1.54, 1.807) is 0 Å². The number of amides is 1. The van der Waals surface area contributed by atoms with Crippen molar-refractivity contribution in [3.63, 3.8) is 0 Å². The van der Waals surface area contributed by atoms with Crippen molar-refractivity contribution in [2.75, 3.05) is 6.61 Å². The van der Waals surface area contributed by atoms with Crippen LogP contribution >= 0.6 is 0 Å². The normalized spacial score (nSPS) is 11.7. The van der Waals surface area contributed by atoms with Gasteiger partial charge in [0.2, 0.25) is 5.91 Å². The predicted molar refractivity (Wildman–Crippen MR) is 85.5 cm³/mol. The first-order chi connectivity index (χ1) is 11.0. The van der Waals surface area contributed by atoms with Gasteiger partial charge in [-0.2, -0.15) is 0 Å². The third-order valence-electron chi connectivity index (χ3n) is 3.26. The zero-order valence-corrected chi connectivity index (χ0v) is 13.0. The van der Waals surface area contributed by atoms with E-state index in [-0.39, 0.29) is 18.5 Å². The number of H-pyrrole nitrogens is 1. The number of hydrogen-bond donors (Lipinski definition) is 2. The topological polar surface area (TPSA) is 93.2 Å². The van der Waals surface area contributed by atoms with Crippen LogP contribution < -0.4 is 21.2 Å². The second kappa shape index (κ2) is 7.44. The summed E-state index contributed by atoms with van der Waals surface area (Å²) in [4.78, 5) is 34.8. The number of ether oxygens (including phenoxy) is 1. The monoisotopic (exact) mass is 317 g/mol. The molecule has 122 valence electrons. The van der Waals surface area contributed by atoms with E-state index in [2.05, 4.69) is 10.4 Å². The maximum absolute atomic E-state index is 12.0. The van der Waals surface area contributed by atoms with Crippen molar-refractivity contribution in [2.45, 2.75) is 26.4 Å². The van der Waals surface area contributed by atoms with Crippen molar-refractivity contribution < 1.29 is 9.53 Å². The third kappa shape index (κ3) is 4.57. The van der Waals surface area contributed by atoms with Crippen molar-refractivity contribution >= 4 is 5.91 Å². The molecule has 0 aliphatic heterocycles. The van der Waals surface area contributed by atoms with E-state index in [4.69, 9.17) is 4.74 Å². The Bertz CT molecular complexity index is 777. The number of aromatic amines is 1. The molecule has 0 saturated carbocycles. The van der Waals surface area contributed by atoms with Gasteiger partial charge in [-0.15, -0.1) is 0 Å². The summed E-state index contributed by atoms with van der Waals surface area (Å²) in [6, 6.07) is 9.42. The Hall–Kier alpha value is -2.83. The highest BCUT2D eigenvalue weighted by atomic mass is 16.5. The molecule has 0 bridgehead atoms. The summed E-state index contributed by atoms with van der Waals surface area (Å²) < 4.78 is 6.34. The Kier molecular flexibility index (Phi) is 5.35. The van der Waals surface area contributed by atoms with Gasteiger partial charge in [0.15, 0.2) is 0 Å². The molecule has 0 saturated heterocycles. The molecule has 0 fully saturated rings. The molecule has 0 aliphatic rings. The van der Waals surface area contributed by atoms with Crippen LogP contribution in [0.1, 0.15) is 25.5 Å². The van der Waals surface area contributed by atoms with Gasteiger partial charge in [0.25, 0.3) is 11.1 Å². The third-order valence-corrected chi connectivity index (χ3v) is 3.26. The molecule has 2 N–H and O–H groups in total. The Balaban J connectivity index is 2.00. The minimum atomic E-state index is -0.437. The minimum Gasteiger partial charge on any atom is -0.494 e. The molecule has 1 heterocycles. The maximum Gasteiger partial charge on any atom is 0.265 e. The van der Waals surface area contributed by atoms with Crippen LogP contribution in [0.2, 0.25) is 0 Å². The van der Waals surface area contributed by atoms with Crippen LogP contribution in [0.3, 0.4) is 0 Å². The lowest BCUT2D eigenvalue weighted by atomic mass is 10.1. The van der Waals surface area contributed by atoms with Gasteiger partial charge in [0, 0.05) is 12.1 Å². The largest absolute Gasteiger partial charge is 0.494 e. The van der Waals surface area contributed by atoms with Gasteiger partial charge in [0.1, 0.15) is 12.3 Å². The van der Waals surface area contributed by atoms with E-state index in [1.807, 2.05) is 38.1 Å². The van der Waals surface area contributed by atoms with Crippen molar-refractivity contribution in [2.24, 2.45) is 0 Å². The van der Waals surface area contributed by atoms with Gasteiger partial charge < -0.3 is 10.1 Å². The first-order valence-corrected chi connectivity index (χ1v) is 7.32. The average molecular weight is 317 g/mol. The van der Waals surface area contributed by atoms with E-state index in [0.717, 1.165) is 28.1 Å². The lowest BCUT2D eigenvalue weighted by Gasteiger charge is -2.15. The van der Waals surface area contributed by atoms with Crippen LogP contribution in [0, 0.1) is 0 Å². The van der Waals surface area contributed by atoms with Crippen LogP contribution in [-0.4, -0.2) is 22.3 Å². The quantitative estimate of drug-likeness (QED) is 0.824. The van der Waals surface area contributed by atoms with Crippen molar-refractivity contribution in [3.8, 4) is 5.75 Å². The molecule has 2 aromatic rings. The average Bonchev–Trinajstić information content (AvgIpc) is 2.52. The van der Waals surface area contributed by atoms with Gasteiger partial charge in [-0.3, -0.25) is 19.5 Å². The van der Waals surface area contributed by atoms with E-state index in [9.17, 15) is 14.4 Å². The first kappa shape index (κ1) is 16.5. The molecule has 0 spiro atoms. The zero-order valence-electron chi connectivity index (χ0n) is 13.0. The highest BCUT2D eigenvalue weighted by Crippen LogP contribution is 2.17. The Morgan fingerprint density at radius 1 is 1.22 bits per heavy atom. The first-order valence-electron chi connectivity index (χ1n) is 7.32. The minimum absolute atomic E-state index is 0.232. The summed E-state index contributed by atoms with van der Waals surface area (Å²) in [5.74, 6) is 0.401. The summed E-state index contributed by atoms with van der Waals surface area (Å²) in [6.45, 7) is 4.10. The smallest absolute Gasteiger partial charge is 0.265 e.